The molecular weight excluding hydrogens is 184 g/mol. The van der Waals surface area contributed by atoms with Crippen molar-refractivity contribution in [1.82, 2.24) is 0 Å². The smallest absolute Gasteiger partial charge is 0.0430 e. The summed E-state index contributed by atoms with van der Waals surface area (Å²) in [6, 6.07) is 5.56. The van der Waals surface area contributed by atoms with E-state index in [9.17, 15) is 0 Å². The van der Waals surface area contributed by atoms with Crippen LogP contribution in [0, 0.1) is 0 Å². The van der Waals surface area contributed by atoms with Gasteiger partial charge in [0.25, 0.3) is 0 Å². The molecule has 3 heteroatoms. The average molecular weight is 197 g/mol. The number of benzene rings is 1. The third-order valence-electron chi connectivity index (χ3n) is 2.80. The molecule has 0 radical (unpaired) electrons. The lowest BCUT2D eigenvalue weighted by Gasteiger charge is -2.39. The van der Waals surface area contributed by atoms with E-state index >= 15 is 0 Å². The highest BCUT2D eigenvalue weighted by Gasteiger charge is 2.35. The van der Waals surface area contributed by atoms with Crippen LogP contribution in [0.25, 0.3) is 0 Å². The van der Waals surface area contributed by atoms with Gasteiger partial charge in [0.15, 0.2) is 0 Å². The number of nitrogens with two attached hydrogens (primary N) is 2. The van der Waals surface area contributed by atoms with E-state index in [0.29, 0.717) is 5.02 Å². The van der Waals surface area contributed by atoms with Crippen LogP contribution in [-0.4, -0.2) is 0 Å². The Balaban J connectivity index is 2.40. The molecule has 13 heavy (non-hydrogen) atoms. The Hall–Kier alpha value is -0.730. The Bertz CT molecular complexity index is 332. The molecule has 0 heterocycles. The van der Waals surface area contributed by atoms with Crippen molar-refractivity contribution in [2.45, 2.75) is 24.8 Å². The van der Waals surface area contributed by atoms with Gasteiger partial charge in [-0.15, -0.1) is 0 Å². The second-order valence-corrected chi connectivity index (χ2v) is 4.18. The summed E-state index contributed by atoms with van der Waals surface area (Å²) in [5.74, 6) is 0. The topological polar surface area (TPSA) is 52.0 Å². The fraction of sp³-hybridized carbons (Fsp3) is 0.400. The van der Waals surface area contributed by atoms with Crippen LogP contribution in [0.5, 0.6) is 0 Å². The molecular formula is C10H13ClN2. The van der Waals surface area contributed by atoms with Crippen LogP contribution in [-0.2, 0) is 5.54 Å². The molecule has 0 amide bonds. The van der Waals surface area contributed by atoms with Crippen molar-refractivity contribution in [3.63, 3.8) is 0 Å². The zero-order valence-electron chi connectivity index (χ0n) is 7.39. The Kier molecular flexibility index (Phi) is 1.97. The van der Waals surface area contributed by atoms with Gasteiger partial charge in [0.2, 0.25) is 0 Å². The van der Waals surface area contributed by atoms with Crippen molar-refractivity contribution < 1.29 is 0 Å². The third-order valence-corrected chi connectivity index (χ3v) is 3.03. The first-order valence-corrected chi connectivity index (χ1v) is 4.84. The molecule has 0 saturated heterocycles. The second-order valence-electron chi connectivity index (χ2n) is 3.74. The van der Waals surface area contributed by atoms with Gasteiger partial charge in [-0.05, 0) is 37.0 Å². The minimum Gasteiger partial charge on any atom is -0.398 e. The summed E-state index contributed by atoms with van der Waals surface area (Å²) in [6.45, 7) is 0. The van der Waals surface area contributed by atoms with Crippen LogP contribution < -0.4 is 11.5 Å². The second kappa shape index (κ2) is 2.89. The van der Waals surface area contributed by atoms with Gasteiger partial charge < -0.3 is 11.5 Å². The Morgan fingerprint density at radius 2 is 2.00 bits per heavy atom. The average Bonchev–Trinajstić information content (AvgIpc) is 2.00. The fourth-order valence-electron chi connectivity index (χ4n) is 1.81. The molecule has 4 N–H and O–H groups in total. The summed E-state index contributed by atoms with van der Waals surface area (Å²) in [7, 11) is 0. The van der Waals surface area contributed by atoms with E-state index in [1.165, 1.54) is 6.42 Å². The molecule has 2 nitrogen and oxygen atoms in total. The normalized spacial score (nSPS) is 19.5. The Morgan fingerprint density at radius 1 is 1.31 bits per heavy atom. The third kappa shape index (κ3) is 1.40. The zero-order chi connectivity index (χ0) is 9.47. The monoisotopic (exact) mass is 196 g/mol. The fourth-order valence-corrected chi connectivity index (χ4v) is 1.99. The molecule has 1 aliphatic rings. The summed E-state index contributed by atoms with van der Waals surface area (Å²) in [4.78, 5) is 0. The molecule has 1 aromatic carbocycles. The SMILES string of the molecule is Nc1cc(Cl)ccc1C1(N)CCC1. The van der Waals surface area contributed by atoms with Crippen LogP contribution in [0.1, 0.15) is 24.8 Å². The van der Waals surface area contributed by atoms with E-state index < -0.39 is 0 Å². The first-order chi connectivity index (χ1) is 6.12. The molecule has 0 atom stereocenters. The molecule has 0 aliphatic heterocycles. The minimum atomic E-state index is -0.186. The lowest BCUT2D eigenvalue weighted by molar-refractivity contribution is 0.255. The van der Waals surface area contributed by atoms with E-state index in [4.69, 9.17) is 23.1 Å². The predicted molar refractivity (Wildman–Crippen MR) is 55.6 cm³/mol. The van der Waals surface area contributed by atoms with Crippen LogP contribution >= 0.6 is 11.6 Å². The highest BCUT2D eigenvalue weighted by molar-refractivity contribution is 6.30. The molecule has 0 bridgehead atoms. The van der Waals surface area contributed by atoms with Gasteiger partial charge in [-0.2, -0.15) is 0 Å². The van der Waals surface area contributed by atoms with Crippen LogP contribution in [0.4, 0.5) is 5.69 Å². The van der Waals surface area contributed by atoms with Crippen LogP contribution in [0.3, 0.4) is 0 Å². The minimum absolute atomic E-state index is 0.186. The maximum absolute atomic E-state index is 6.15. The number of hydrogen-bond donors (Lipinski definition) is 2. The van der Waals surface area contributed by atoms with E-state index in [1.54, 1.807) is 6.07 Å². The van der Waals surface area contributed by atoms with Gasteiger partial charge in [0, 0.05) is 16.2 Å². The Labute approximate surface area is 82.9 Å². The standard InChI is InChI=1S/C10H13ClN2/c11-7-2-3-8(9(12)6-7)10(13)4-1-5-10/h2-3,6H,1,4-5,12-13H2. The first-order valence-electron chi connectivity index (χ1n) is 4.46. The molecule has 1 aliphatic carbocycles. The Morgan fingerprint density at radius 3 is 2.46 bits per heavy atom. The molecule has 1 saturated carbocycles. The number of nitrogen functional groups attached to an aromatic ring is 1. The maximum Gasteiger partial charge on any atom is 0.0430 e. The van der Waals surface area contributed by atoms with E-state index in [1.807, 2.05) is 12.1 Å². The summed E-state index contributed by atoms with van der Waals surface area (Å²) in [5.41, 5.74) is 13.6. The van der Waals surface area contributed by atoms with Gasteiger partial charge in [-0.1, -0.05) is 17.7 Å². The summed E-state index contributed by atoms with van der Waals surface area (Å²) < 4.78 is 0. The lowest BCUT2D eigenvalue weighted by Crippen LogP contribution is -2.43. The summed E-state index contributed by atoms with van der Waals surface area (Å²) in [5, 5.41) is 0.671. The van der Waals surface area contributed by atoms with Crippen molar-refractivity contribution in [1.29, 1.82) is 0 Å². The molecule has 70 valence electrons. The summed E-state index contributed by atoms with van der Waals surface area (Å²) >= 11 is 5.81. The van der Waals surface area contributed by atoms with E-state index in [-0.39, 0.29) is 5.54 Å². The highest BCUT2D eigenvalue weighted by Crippen LogP contribution is 2.41. The largest absolute Gasteiger partial charge is 0.398 e. The van der Waals surface area contributed by atoms with Gasteiger partial charge >= 0.3 is 0 Å². The van der Waals surface area contributed by atoms with Crippen molar-refractivity contribution >= 4 is 17.3 Å². The molecule has 0 unspecified atom stereocenters. The van der Waals surface area contributed by atoms with Crippen LogP contribution in [0.15, 0.2) is 18.2 Å². The van der Waals surface area contributed by atoms with E-state index in [2.05, 4.69) is 0 Å². The van der Waals surface area contributed by atoms with Crippen LogP contribution in [0.2, 0.25) is 5.02 Å². The number of hydrogen-bond acceptors (Lipinski definition) is 2. The van der Waals surface area contributed by atoms with Gasteiger partial charge in [0.1, 0.15) is 0 Å². The van der Waals surface area contributed by atoms with Crippen molar-refractivity contribution in [3.8, 4) is 0 Å². The number of halogens is 1. The molecule has 1 fully saturated rings. The highest BCUT2D eigenvalue weighted by atomic mass is 35.5. The molecule has 0 spiro atoms. The number of anilines is 1. The van der Waals surface area contributed by atoms with Gasteiger partial charge in [-0.25, -0.2) is 0 Å². The number of rotatable bonds is 1. The van der Waals surface area contributed by atoms with Gasteiger partial charge in [0.05, 0.1) is 0 Å². The molecule has 1 aromatic rings. The van der Waals surface area contributed by atoms with Crippen molar-refractivity contribution in [2.24, 2.45) is 5.73 Å². The zero-order valence-corrected chi connectivity index (χ0v) is 8.14. The molecule has 2 rings (SSSR count). The maximum atomic E-state index is 6.15. The quantitative estimate of drug-likeness (QED) is 0.677. The van der Waals surface area contributed by atoms with Crippen molar-refractivity contribution in [3.05, 3.63) is 28.8 Å². The molecule has 0 aromatic heterocycles. The summed E-state index contributed by atoms with van der Waals surface area (Å²) in [6.07, 6.45) is 3.25. The van der Waals surface area contributed by atoms with Gasteiger partial charge in [-0.3, -0.25) is 0 Å². The first kappa shape index (κ1) is 8.85. The van der Waals surface area contributed by atoms with Crippen molar-refractivity contribution in [2.75, 3.05) is 5.73 Å². The van der Waals surface area contributed by atoms with E-state index in [0.717, 1.165) is 24.1 Å². The lowest BCUT2D eigenvalue weighted by atomic mass is 9.72. The predicted octanol–water partition coefficient (Wildman–Crippen LogP) is 2.26.